The van der Waals surface area contributed by atoms with E-state index in [1.165, 1.54) is 0 Å². The normalized spacial score (nSPS) is 20.3. The second-order valence-electron chi connectivity index (χ2n) is 6.63. The Labute approximate surface area is 141 Å². The number of hydrogen-bond acceptors (Lipinski definition) is 2. The summed E-state index contributed by atoms with van der Waals surface area (Å²) in [4.78, 5) is 26.3. The number of nitrogens with zero attached hydrogens (tertiary/aromatic N) is 1. The van der Waals surface area contributed by atoms with Gasteiger partial charge in [-0.2, -0.15) is 0 Å². The van der Waals surface area contributed by atoms with Crippen molar-refractivity contribution in [2.45, 2.75) is 19.3 Å². The van der Waals surface area contributed by atoms with Gasteiger partial charge in [-0.1, -0.05) is 60.7 Å². The molecule has 2 aromatic rings. The first kappa shape index (κ1) is 16.2. The fourth-order valence-corrected chi connectivity index (χ4v) is 3.27. The molecule has 4 nitrogen and oxygen atoms in total. The summed E-state index contributed by atoms with van der Waals surface area (Å²) in [6, 6.07) is 19.3. The van der Waals surface area contributed by atoms with E-state index in [1.54, 1.807) is 11.8 Å². The van der Waals surface area contributed by atoms with Crippen molar-refractivity contribution >= 4 is 11.9 Å². The summed E-state index contributed by atoms with van der Waals surface area (Å²) in [5, 5.41) is 9.41. The fourth-order valence-electron chi connectivity index (χ4n) is 3.27. The predicted octanol–water partition coefficient (Wildman–Crippen LogP) is 3.14. The molecule has 0 spiro atoms. The molecule has 1 aliphatic heterocycles. The first-order valence-electron chi connectivity index (χ1n) is 8.13. The largest absolute Gasteiger partial charge is 0.481 e. The highest BCUT2D eigenvalue weighted by Gasteiger charge is 2.43. The minimum atomic E-state index is -0.854. The first-order chi connectivity index (χ1) is 11.5. The Hall–Kier alpha value is -2.62. The van der Waals surface area contributed by atoms with Crippen LogP contribution in [0.3, 0.4) is 0 Å². The van der Waals surface area contributed by atoms with Gasteiger partial charge in [-0.15, -0.1) is 0 Å². The van der Waals surface area contributed by atoms with Gasteiger partial charge < -0.3 is 10.0 Å². The minimum absolute atomic E-state index is 0.0302. The average molecular weight is 323 g/mol. The van der Waals surface area contributed by atoms with Crippen molar-refractivity contribution in [3.63, 3.8) is 0 Å². The monoisotopic (exact) mass is 323 g/mol. The molecule has 4 heteroatoms. The number of carbonyl (C=O) groups is 2. The highest BCUT2D eigenvalue weighted by atomic mass is 16.4. The molecule has 1 fully saturated rings. The van der Waals surface area contributed by atoms with Crippen molar-refractivity contribution in [1.82, 2.24) is 4.90 Å². The van der Waals surface area contributed by atoms with Crippen LogP contribution in [-0.2, 0) is 9.59 Å². The van der Waals surface area contributed by atoms with Gasteiger partial charge in [-0.3, -0.25) is 9.59 Å². The van der Waals surface area contributed by atoms with Gasteiger partial charge in [-0.05, 0) is 24.5 Å². The Kier molecular flexibility index (Phi) is 4.38. The summed E-state index contributed by atoms with van der Waals surface area (Å²) in [6.45, 7) is 2.46. The van der Waals surface area contributed by atoms with Crippen molar-refractivity contribution in [3.05, 3.63) is 71.8 Å². The molecular weight excluding hydrogens is 302 g/mol. The minimum Gasteiger partial charge on any atom is -0.481 e. The van der Waals surface area contributed by atoms with Gasteiger partial charge in [0.05, 0.1) is 11.3 Å². The van der Waals surface area contributed by atoms with E-state index in [2.05, 4.69) is 0 Å². The Balaban J connectivity index is 1.92. The van der Waals surface area contributed by atoms with E-state index < -0.39 is 17.3 Å². The topological polar surface area (TPSA) is 57.6 Å². The molecule has 0 unspecified atom stereocenters. The molecule has 0 bridgehead atoms. The maximum atomic E-state index is 13.2. The van der Waals surface area contributed by atoms with Gasteiger partial charge >= 0.3 is 5.97 Å². The molecule has 1 saturated heterocycles. The lowest BCUT2D eigenvalue weighted by atomic mass is 9.89. The summed E-state index contributed by atoms with van der Waals surface area (Å²) >= 11 is 0. The van der Waals surface area contributed by atoms with Gasteiger partial charge in [0, 0.05) is 13.1 Å². The summed E-state index contributed by atoms with van der Waals surface area (Å²) in [6.07, 6.45) is 0.490. The van der Waals surface area contributed by atoms with E-state index in [9.17, 15) is 14.7 Å². The summed E-state index contributed by atoms with van der Waals surface area (Å²) < 4.78 is 0. The molecule has 1 N–H and O–H groups in total. The molecule has 0 radical (unpaired) electrons. The molecule has 1 aliphatic rings. The van der Waals surface area contributed by atoms with Crippen molar-refractivity contribution < 1.29 is 14.7 Å². The average Bonchev–Trinajstić information content (AvgIpc) is 3.01. The zero-order chi connectivity index (χ0) is 17.2. The number of hydrogen-bond donors (Lipinski definition) is 1. The maximum Gasteiger partial charge on any atom is 0.311 e. The van der Waals surface area contributed by atoms with Gasteiger partial charge in [0.25, 0.3) is 0 Å². The standard InChI is InChI=1S/C20H21NO3/c1-20(19(23)24)12-13-21(14-20)18(22)17(15-8-4-2-5-9-15)16-10-6-3-7-11-16/h2-11,17H,12-14H2,1H3,(H,23,24)/t20-/m0/s1. The second kappa shape index (κ2) is 6.48. The second-order valence-corrected chi connectivity index (χ2v) is 6.63. The van der Waals surface area contributed by atoms with E-state index >= 15 is 0 Å². The van der Waals surface area contributed by atoms with Gasteiger partial charge in [0.1, 0.15) is 0 Å². The van der Waals surface area contributed by atoms with Crippen LogP contribution < -0.4 is 0 Å². The first-order valence-corrected chi connectivity index (χ1v) is 8.13. The lowest BCUT2D eigenvalue weighted by molar-refractivity contribution is -0.147. The Morgan fingerprint density at radius 2 is 1.50 bits per heavy atom. The Morgan fingerprint density at radius 1 is 1.00 bits per heavy atom. The van der Waals surface area contributed by atoms with Crippen LogP contribution in [0.25, 0.3) is 0 Å². The van der Waals surface area contributed by atoms with Crippen LogP contribution in [0, 0.1) is 5.41 Å². The molecule has 3 rings (SSSR count). The van der Waals surface area contributed by atoms with Crippen molar-refractivity contribution in [1.29, 1.82) is 0 Å². The molecule has 0 aliphatic carbocycles. The highest BCUT2D eigenvalue weighted by molar-refractivity contribution is 5.88. The Bertz CT molecular complexity index is 690. The van der Waals surface area contributed by atoms with Crippen molar-refractivity contribution in [2.75, 3.05) is 13.1 Å². The third-order valence-electron chi connectivity index (χ3n) is 4.81. The molecule has 24 heavy (non-hydrogen) atoms. The third-order valence-corrected chi connectivity index (χ3v) is 4.81. The quantitative estimate of drug-likeness (QED) is 0.940. The molecule has 2 aromatic carbocycles. The number of carbonyl (C=O) groups excluding carboxylic acids is 1. The van der Waals surface area contributed by atoms with Crippen LogP contribution in [0.4, 0.5) is 0 Å². The molecule has 1 amide bonds. The molecular formula is C20H21NO3. The number of likely N-dealkylation sites (tertiary alicyclic amines) is 1. The summed E-state index contributed by atoms with van der Waals surface area (Å²) in [7, 11) is 0. The Morgan fingerprint density at radius 3 is 1.92 bits per heavy atom. The lowest BCUT2D eigenvalue weighted by Gasteiger charge is -2.25. The number of amides is 1. The number of benzene rings is 2. The van der Waals surface area contributed by atoms with E-state index in [1.807, 2.05) is 60.7 Å². The molecule has 0 saturated carbocycles. The zero-order valence-electron chi connectivity index (χ0n) is 13.7. The van der Waals surface area contributed by atoms with Crippen LogP contribution in [0.15, 0.2) is 60.7 Å². The third kappa shape index (κ3) is 3.04. The van der Waals surface area contributed by atoms with Gasteiger partial charge in [0.15, 0.2) is 0 Å². The zero-order valence-corrected chi connectivity index (χ0v) is 13.7. The number of aliphatic carboxylic acids is 1. The smallest absolute Gasteiger partial charge is 0.311 e. The van der Waals surface area contributed by atoms with Gasteiger partial charge in [0.2, 0.25) is 5.91 Å². The van der Waals surface area contributed by atoms with Crippen molar-refractivity contribution in [3.8, 4) is 0 Å². The number of carboxylic acid groups (broad SMARTS) is 1. The molecule has 1 heterocycles. The van der Waals surface area contributed by atoms with E-state index in [4.69, 9.17) is 0 Å². The summed E-state index contributed by atoms with van der Waals surface area (Å²) in [5.41, 5.74) is 1.00. The van der Waals surface area contributed by atoms with E-state index in [0.717, 1.165) is 11.1 Å². The van der Waals surface area contributed by atoms with Crippen LogP contribution in [0.2, 0.25) is 0 Å². The molecule has 1 atom stereocenters. The van der Waals surface area contributed by atoms with Crippen LogP contribution >= 0.6 is 0 Å². The number of carboxylic acids is 1. The fraction of sp³-hybridized carbons (Fsp3) is 0.300. The number of rotatable bonds is 4. The van der Waals surface area contributed by atoms with Crippen LogP contribution in [0.5, 0.6) is 0 Å². The predicted molar refractivity (Wildman–Crippen MR) is 91.7 cm³/mol. The molecule has 0 aromatic heterocycles. The van der Waals surface area contributed by atoms with Crippen molar-refractivity contribution in [2.24, 2.45) is 5.41 Å². The van der Waals surface area contributed by atoms with Crippen LogP contribution in [0.1, 0.15) is 30.4 Å². The maximum absolute atomic E-state index is 13.2. The van der Waals surface area contributed by atoms with E-state index in [-0.39, 0.29) is 12.5 Å². The summed E-state index contributed by atoms with van der Waals surface area (Å²) in [5.74, 6) is -1.27. The van der Waals surface area contributed by atoms with Gasteiger partial charge in [-0.25, -0.2) is 0 Å². The SMILES string of the molecule is C[C@]1(C(=O)O)CCN(C(=O)C(c2ccccc2)c2ccccc2)C1. The van der Waals surface area contributed by atoms with Crippen LogP contribution in [-0.4, -0.2) is 35.0 Å². The lowest BCUT2D eigenvalue weighted by Crippen LogP contribution is -2.37. The highest BCUT2D eigenvalue weighted by Crippen LogP contribution is 2.34. The van der Waals surface area contributed by atoms with E-state index in [0.29, 0.717) is 13.0 Å². The molecule has 124 valence electrons.